The number of hydrogen-bond acceptors (Lipinski definition) is 5. The summed E-state index contributed by atoms with van der Waals surface area (Å²) in [5.74, 6) is -0.309. The highest BCUT2D eigenvalue weighted by atomic mass is 16.3. The lowest BCUT2D eigenvalue weighted by molar-refractivity contribution is -0.127. The van der Waals surface area contributed by atoms with Crippen molar-refractivity contribution in [3.8, 4) is 0 Å². The first-order valence-corrected chi connectivity index (χ1v) is 12.9. The Kier molecular flexibility index (Phi) is 7.25. The summed E-state index contributed by atoms with van der Waals surface area (Å²) in [6.07, 6.45) is 7.55. The minimum absolute atomic E-state index is 0.0811. The van der Waals surface area contributed by atoms with Crippen molar-refractivity contribution in [1.29, 1.82) is 0 Å². The standard InChI is InChI=1S/C28H44O5/c1-7-9-20(30)22-23(31)18(24(32)27(4,5)25(22)33)12-10-17-11-13-21-26(2,3)14-8-15-28(21,6)19(17)16-29/h17,19,21,29,31-32H,7-16H2,1-6H3/t17?,19-,21?,28+/m0/s1. The summed E-state index contributed by atoms with van der Waals surface area (Å²) in [4.78, 5) is 25.6. The quantitative estimate of drug-likeness (QED) is 0.392. The second-order valence-corrected chi connectivity index (χ2v) is 12.2. The average molecular weight is 461 g/mol. The molecule has 0 aromatic heterocycles. The van der Waals surface area contributed by atoms with Crippen LogP contribution in [-0.2, 0) is 9.59 Å². The van der Waals surface area contributed by atoms with E-state index in [1.807, 2.05) is 6.92 Å². The van der Waals surface area contributed by atoms with Gasteiger partial charge in [-0.25, -0.2) is 0 Å². The fourth-order valence-electron chi connectivity index (χ4n) is 7.50. The van der Waals surface area contributed by atoms with Gasteiger partial charge in [-0.15, -0.1) is 0 Å². The van der Waals surface area contributed by atoms with Gasteiger partial charge in [-0.1, -0.05) is 34.1 Å². The lowest BCUT2D eigenvalue weighted by Gasteiger charge is -2.59. The van der Waals surface area contributed by atoms with Gasteiger partial charge in [0.15, 0.2) is 11.6 Å². The number of carbonyl (C=O) groups is 2. The van der Waals surface area contributed by atoms with Crippen molar-refractivity contribution in [2.24, 2.45) is 34.0 Å². The summed E-state index contributed by atoms with van der Waals surface area (Å²) in [6, 6.07) is 0. The molecular formula is C28H44O5. The first-order valence-electron chi connectivity index (χ1n) is 12.9. The molecule has 2 saturated carbocycles. The normalized spacial score (nSPS) is 33.8. The van der Waals surface area contributed by atoms with Gasteiger partial charge in [0.25, 0.3) is 0 Å². The van der Waals surface area contributed by atoms with Crippen molar-refractivity contribution in [3.63, 3.8) is 0 Å². The fourth-order valence-corrected chi connectivity index (χ4v) is 7.50. The first kappa shape index (κ1) is 26.0. The fraction of sp³-hybridized carbons (Fsp3) is 0.786. The molecule has 3 aliphatic rings. The SMILES string of the molecule is CCCC(=O)C1=C(O)C(CCC2CCC3C(C)(C)CCC[C@]3(C)[C@H]2CO)=C(O)C(C)(C)C1=O. The minimum atomic E-state index is -1.23. The largest absolute Gasteiger partial charge is 0.511 e. The van der Waals surface area contributed by atoms with Crippen molar-refractivity contribution >= 4 is 11.6 Å². The van der Waals surface area contributed by atoms with Crippen LogP contribution in [0.5, 0.6) is 0 Å². The zero-order chi connectivity index (χ0) is 24.8. The van der Waals surface area contributed by atoms with Crippen LogP contribution in [0.25, 0.3) is 0 Å². The monoisotopic (exact) mass is 460 g/mol. The highest BCUT2D eigenvalue weighted by molar-refractivity contribution is 6.24. The van der Waals surface area contributed by atoms with Gasteiger partial charge < -0.3 is 15.3 Å². The van der Waals surface area contributed by atoms with E-state index in [4.69, 9.17) is 0 Å². The van der Waals surface area contributed by atoms with E-state index < -0.39 is 11.2 Å². The van der Waals surface area contributed by atoms with Gasteiger partial charge in [0.05, 0.1) is 5.41 Å². The third-order valence-corrected chi connectivity index (χ3v) is 9.43. The van der Waals surface area contributed by atoms with E-state index in [9.17, 15) is 24.9 Å². The molecule has 33 heavy (non-hydrogen) atoms. The molecule has 0 aromatic carbocycles. The molecule has 0 aromatic rings. The van der Waals surface area contributed by atoms with Gasteiger partial charge in [-0.3, -0.25) is 9.59 Å². The smallest absolute Gasteiger partial charge is 0.183 e. The second kappa shape index (κ2) is 9.20. The number of ketones is 2. The van der Waals surface area contributed by atoms with Gasteiger partial charge in [0.1, 0.15) is 17.1 Å². The summed E-state index contributed by atoms with van der Waals surface area (Å²) in [7, 11) is 0. The lowest BCUT2D eigenvalue weighted by Crippen LogP contribution is -2.52. The summed E-state index contributed by atoms with van der Waals surface area (Å²) in [5, 5.41) is 32.3. The Morgan fingerprint density at radius 2 is 1.73 bits per heavy atom. The third kappa shape index (κ3) is 4.31. The molecular weight excluding hydrogens is 416 g/mol. The van der Waals surface area contributed by atoms with Crippen LogP contribution in [0, 0.1) is 34.0 Å². The van der Waals surface area contributed by atoms with Crippen molar-refractivity contribution in [3.05, 3.63) is 22.7 Å². The molecule has 3 N–H and O–H groups in total. The molecule has 3 rings (SSSR count). The van der Waals surface area contributed by atoms with Crippen molar-refractivity contribution in [2.45, 2.75) is 99.3 Å². The molecule has 0 saturated heterocycles. The zero-order valence-electron chi connectivity index (χ0n) is 21.5. The van der Waals surface area contributed by atoms with Gasteiger partial charge >= 0.3 is 0 Å². The summed E-state index contributed by atoms with van der Waals surface area (Å²) < 4.78 is 0. The van der Waals surface area contributed by atoms with E-state index in [-0.39, 0.29) is 58.6 Å². The van der Waals surface area contributed by atoms with E-state index in [0.717, 1.165) is 19.3 Å². The number of hydrogen-bond donors (Lipinski definition) is 3. The Balaban J connectivity index is 1.88. The molecule has 0 aliphatic heterocycles. The van der Waals surface area contributed by atoms with Crippen molar-refractivity contribution in [2.75, 3.05) is 6.61 Å². The van der Waals surface area contributed by atoms with Crippen LogP contribution in [0.3, 0.4) is 0 Å². The van der Waals surface area contributed by atoms with Crippen LogP contribution >= 0.6 is 0 Å². The molecule has 2 unspecified atom stereocenters. The van der Waals surface area contributed by atoms with E-state index >= 15 is 0 Å². The predicted molar refractivity (Wildman–Crippen MR) is 130 cm³/mol. The topological polar surface area (TPSA) is 94.8 Å². The molecule has 0 heterocycles. The van der Waals surface area contributed by atoms with E-state index in [0.29, 0.717) is 30.8 Å². The number of carbonyl (C=O) groups excluding carboxylic acids is 2. The maximum absolute atomic E-state index is 12.9. The molecule has 2 fully saturated rings. The minimum Gasteiger partial charge on any atom is -0.511 e. The van der Waals surface area contributed by atoms with Gasteiger partial charge in [0, 0.05) is 18.6 Å². The van der Waals surface area contributed by atoms with Crippen LogP contribution in [0.1, 0.15) is 99.3 Å². The molecule has 0 radical (unpaired) electrons. The zero-order valence-corrected chi connectivity index (χ0v) is 21.5. The molecule has 5 nitrogen and oxygen atoms in total. The Morgan fingerprint density at radius 3 is 2.33 bits per heavy atom. The van der Waals surface area contributed by atoms with Crippen LogP contribution in [0.2, 0.25) is 0 Å². The second-order valence-electron chi connectivity index (χ2n) is 12.2. The van der Waals surface area contributed by atoms with E-state index in [1.165, 1.54) is 12.8 Å². The molecule has 0 amide bonds. The maximum Gasteiger partial charge on any atom is 0.183 e. The number of aliphatic hydroxyl groups excluding tert-OH is 3. The maximum atomic E-state index is 12.9. The van der Waals surface area contributed by atoms with Crippen LogP contribution in [-0.4, -0.2) is 33.5 Å². The number of allylic oxidation sites excluding steroid dienone is 3. The molecule has 0 bridgehead atoms. The Bertz CT molecular complexity index is 862. The van der Waals surface area contributed by atoms with Gasteiger partial charge in [-0.05, 0) is 87.4 Å². The third-order valence-electron chi connectivity index (χ3n) is 9.43. The molecule has 186 valence electrons. The number of aliphatic hydroxyl groups is 3. The van der Waals surface area contributed by atoms with Gasteiger partial charge in [0.2, 0.25) is 0 Å². The summed E-state index contributed by atoms with van der Waals surface area (Å²) in [5.41, 5.74) is -0.703. The number of fused-ring (bicyclic) bond motifs is 1. The Hall–Kier alpha value is -1.62. The van der Waals surface area contributed by atoms with Gasteiger partial charge in [-0.2, -0.15) is 0 Å². The summed E-state index contributed by atoms with van der Waals surface area (Å²) >= 11 is 0. The summed E-state index contributed by atoms with van der Waals surface area (Å²) in [6.45, 7) is 12.3. The molecule has 4 atom stereocenters. The average Bonchev–Trinajstić information content (AvgIpc) is 2.72. The first-order chi connectivity index (χ1) is 15.3. The number of rotatable bonds is 7. The van der Waals surface area contributed by atoms with E-state index in [2.05, 4.69) is 20.8 Å². The number of Topliss-reactive ketones (excluding diaryl/α,β-unsaturated/α-hetero) is 2. The highest BCUT2D eigenvalue weighted by Crippen LogP contribution is 2.61. The van der Waals surface area contributed by atoms with Crippen molar-refractivity contribution < 1.29 is 24.9 Å². The van der Waals surface area contributed by atoms with Crippen LogP contribution in [0.4, 0.5) is 0 Å². The molecule has 3 aliphatic carbocycles. The Morgan fingerprint density at radius 1 is 1.06 bits per heavy atom. The van der Waals surface area contributed by atoms with Crippen molar-refractivity contribution in [1.82, 2.24) is 0 Å². The van der Waals surface area contributed by atoms with Crippen LogP contribution in [0.15, 0.2) is 22.7 Å². The Labute approximate surface area is 199 Å². The van der Waals surface area contributed by atoms with Crippen LogP contribution < -0.4 is 0 Å². The predicted octanol–water partition coefficient (Wildman–Crippen LogP) is 6.22. The van der Waals surface area contributed by atoms with E-state index in [1.54, 1.807) is 13.8 Å². The molecule has 0 spiro atoms. The lowest BCUT2D eigenvalue weighted by atomic mass is 9.46. The molecule has 5 heteroatoms. The highest BCUT2D eigenvalue weighted by Gasteiger charge is 2.54.